The summed E-state index contributed by atoms with van der Waals surface area (Å²) in [7, 11) is 1.84. The summed E-state index contributed by atoms with van der Waals surface area (Å²) in [5.74, 6) is 0.181. The van der Waals surface area contributed by atoms with E-state index in [1.807, 2.05) is 13.2 Å². The Morgan fingerprint density at radius 2 is 2.50 bits per heavy atom. The summed E-state index contributed by atoms with van der Waals surface area (Å²) in [5.41, 5.74) is 1.03. The van der Waals surface area contributed by atoms with Crippen LogP contribution >= 0.6 is 0 Å². The van der Waals surface area contributed by atoms with Crippen LogP contribution in [0.4, 0.5) is 0 Å². The van der Waals surface area contributed by atoms with Gasteiger partial charge in [-0.25, -0.2) is 0 Å². The van der Waals surface area contributed by atoms with Crippen LogP contribution in [0.5, 0.6) is 0 Å². The van der Waals surface area contributed by atoms with Crippen molar-refractivity contribution in [2.75, 3.05) is 13.6 Å². The lowest BCUT2D eigenvalue weighted by molar-refractivity contribution is -0.133. The summed E-state index contributed by atoms with van der Waals surface area (Å²) in [6.07, 6.45) is 6.84. The molecule has 5 heteroatoms. The summed E-state index contributed by atoms with van der Waals surface area (Å²) in [5, 5.41) is 9.88. The van der Waals surface area contributed by atoms with E-state index in [4.69, 9.17) is 0 Å². The van der Waals surface area contributed by atoms with Gasteiger partial charge in [0.2, 0.25) is 5.91 Å². The molecule has 0 bridgehead atoms. The number of piperidine rings is 1. The van der Waals surface area contributed by atoms with Gasteiger partial charge < -0.3 is 10.2 Å². The summed E-state index contributed by atoms with van der Waals surface area (Å²) in [4.78, 5) is 13.8. The van der Waals surface area contributed by atoms with E-state index in [1.165, 1.54) is 6.42 Å². The molecule has 2 N–H and O–H groups in total. The molecule has 1 amide bonds. The van der Waals surface area contributed by atoms with E-state index in [2.05, 4.69) is 15.5 Å². The van der Waals surface area contributed by atoms with Crippen molar-refractivity contribution in [3.8, 4) is 0 Å². The number of hydrogen-bond donors (Lipinski definition) is 2. The number of carbonyl (C=O) groups excluding carboxylic acids is 1. The van der Waals surface area contributed by atoms with Crippen molar-refractivity contribution in [2.24, 2.45) is 0 Å². The summed E-state index contributed by atoms with van der Waals surface area (Å²) >= 11 is 0. The maximum atomic E-state index is 12.1. The molecule has 2 rings (SSSR count). The normalized spacial score (nSPS) is 20.7. The first-order valence-electron chi connectivity index (χ1n) is 5.73. The molecule has 1 atom stereocenters. The molecule has 0 aromatic carbocycles. The molecular formula is C11H18N4O. The molecule has 16 heavy (non-hydrogen) atoms. The molecule has 0 aliphatic carbocycles. The zero-order chi connectivity index (χ0) is 11.4. The van der Waals surface area contributed by atoms with Crippen LogP contribution < -0.4 is 5.32 Å². The molecule has 5 nitrogen and oxygen atoms in total. The average molecular weight is 222 g/mol. The lowest BCUT2D eigenvalue weighted by atomic mass is 10.0. The molecule has 0 saturated carbocycles. The highest BCUT2D eigenvalue weighted by atomic mass is 16.2. The Hall–Kier alpha value is -1.36. The topological polar surface area (TPSA) is 61.0 Å². The molecular weight excluding hydrogens is 204 g/mol. The van der Waals surface area contributed by atoms with Gasteiger partial charge in [-0.3, -0.25) is 9.89 Å². The van der Waals surface area contributed by atoms with E-state index < -0.39 is 0 Å². The van der Waals surface area contributed by atoms with Gasteiger partial charge in [0.25, 0.3) is 0 Å². The number of aromatic nitrogens is 2. The fourth-order valence-corrected chi connectivity index (χ4v) is 2.04. The minimum absolute atomic E-state index is 0.00523. The summed E-state index contributed by atoms with van der Waals surface area (Å²) in [6, 6.07) is 0.00523. The van der Waals surface area contributed by atoms with Crippen molar-refractivity contribution in [3.63, 3.8) is 0 Å². The molecule has 0 radical (unpaired) electrons. The highest BCUT2D eigenvalue weighted by molar-refractivity contribution is 5.81. The predicted molar refractivity (Wildman–Crippen MR) is 60.7 cm³/mol. The first-order valence-corrected chi connectivity index (χ1v) is 5.73. The molecule has 88 valence electrons. The lowest BCUT2D eigenvalue weighted by Crippen LogP contribution is -2.46. The number of likely N-dealkylation sites (N-methyl/N-ethyl adjacent to an activating group) is 1. The minimum Gasteiger partial charge on any atom is -0.340 e. The average Bonchev–Trinajstić information content (AvgIpc) is 2.82. The highest BCUT2D eigenvalue weighted by Crippen LogP contribution is 2.10. The molecule has 2 heterocycles. The third kappa shape index (κ3) is 2.61. The number of amides is 1. The van der Waals surface area contributed by atoms with Crippen LogP contribution in [0.2, 0.25) is 0 Å². The smallest absolute Gasteiger partial charge is 0.239 e. The van der Waals surface area contributed by atoms with Gasteiger partial charge in [0.05, 0.1) is 12.2 Å². The monoisotopic (exact) mass is 222 g/mol. The Bertz CT molecular complexity index is 330. The SMILES string of the molecule is CN(Cc1cn[nH]c1)C(=O)C1CCCCN1. The third-order valence-electron chi connectivity index (χ3n) is 2.96. The molecule has 1 aromatic rings. The Balaban J connectivity index is 1.88. The van der Waals surface area contributed by atoms with E-state index >= 15 is 0 Å². The van der Waals surface area contributed by atoms with E-state index in [9.17, 15) is 4.79 Å². The van der Waals surface area contributed by atoms with Crippen molar-refractivity contribution >= 4 is 5.91 Å². The fraction of sp³-hybridized carbons (Fsp3) is 0.636. The highest BCUT2D eigenvalue weighted by Gasteiger charge is 2.23. The minimum atomic E-state index is 0.00523. The fourth-order valence-electron chi connectivity index (χ4n) is 2.04. The number of nitrogens with zero attached hydrogens (tertiary/aromatic N) is 2. The maximum absolute atomic E-state index is 12.1. The third-order valence-corrected chi connectivity index (χ3v) is 2.96. The second kappa shape index (κ2) is 5.12. The summed E-state index contributed by atoms with van der Waals surface area (Å²) < 4.78 is 0. The van der Waals surface area contributed by atoms with Gasteiger partial charge in [-0.2, -0.15) is 5.10 Å². The van der Waals surface area contributed by atoms with Gasteiger partial charge in [-0.05, 0) is 19.4 Å². The zero-order valence-corrected chi connectivity index (χ0v) is 9.57. The second-order valence-electron chi connectivity index (χ2n) is 4.30. The van der Waals surface area contributed by atoms with Gasteiger partial charge in [0.1, 0.15) is 0 Å². The second-order valence-corrected chi connectivity index (χ2v) is 4.30. The number of H-pyrrole nitrogens is 1. The molecule has 1 unspecified atom stereocenters. The number of rotatable bonds is 3. The quantitative estimate of drug-likeness (QED) is 0.783. The van der Waals surface area contributed by atoms with Crippen LogP contribution in [0.15, 0.2) is 12.4 Å². The van der Waals surface area contributed by atoms with Crippen molar-refractivity contribution in [1.82, 2.24) is 20.4 Å². The van der Waals surface area contributed by atoms with Gasteiger partial charge in [-0.1, -0.05) is 6.42 Å². The largest absolute Gasteiger partial charge is 0.340 e. The van der Waals surface area contributed by atoms with Crippen molar-refractivity contribution in [2.45, 2.75) is 31.8 Å². The van der Waals surface area contributed by atoms with Crippen molar-refractivity contribution < 1.29 is 4.79 Å². The first-order chi connectivity index (χ1) is 7.77. The van der Waals surface area contributed by atoms with Gasteiger partial charge >= 0.3 is 0 Å². The van der Waals surface area contributed by atoms with E-state index in [0.717, 1.165) is 24.9 Å². The van der Waals surface area contributed by atoms with Crippen molar-refractivity contribution in [3.05, 3.63) is 18.0 Å². The molecule has 0 spiro atoms. The van der Waals surface area contributed by atoms with Crippen molar-refractivity contribution in [1.29, 1.82) is 0 Å². The Labute approximate surface area is 95.2 Å². The first kappa shape index (κ1) is 11.1. The number of aromatic amines is 1. The molecule has 1 aliphatic rings. The number of hydrogen-bond acceptors (Lipinski definition) is 3. The number of carbonyl (C=O) groups is 1. The Morgan fingerprint density at radius 3 is 3.12 bits per heavy atom. The number of nitrogens with one attached hydrogen (secondary N) is 2. The van der Waals surface area contributed by atoms with Crippen LogP contribution in [-0.4, -0.2) is 40.6 Å². The van der Waals surface area contributed by atoms with Crippen LogP contribution in [0.1, 0.15) is 24.8 Å². The standard InChI is InChI=1S/C11H18N4O/c1-15(8-9-6-13-14-7-9)11(16)10-4-2-3-5-12-10/h6-7,10,12H,2-5,8H2,1H3,(H,13,14). The predicted octanol–water partition coefficient (Wildman–Crippen LogP) is 0.510. The lowest BCUT2D eigenvalue weighted by Gasteiger charge is -2.27. The van der Waals surface area contributed by atoms with Gasteiger partial charge in [0, 0.05) is 25.4 Å². The zero-order valence-electron chi connectivity index (χ0n) is 9.57. The van der Waals surface area contributed by atoms with Gasteiger partial charge in [-0.15, -0.1) is 0 Å². The molecule has 1 aliphatic heterocycles. The van der Waals surface area contributed by atoms with E-state index in [1.54, 1.807) is 11.1 Å². The maximum Gasteiger partial charge on any atom is 0.239 e. The Morgan fingerprint density at radius 1 is 1.62 bits per heavy atom. The summed E-state index contributed by atoms with van der Waals surface area (Å²) in [6.45, 7) is 1.57. The van der Waals surface area contributed by atoms with Crippen LogP contribution in [0, 0.1) is 0 Å². The molecule has 1 fully saturated rings. The molecule has 1 aromatic heterocycles. The molecule has 1 saturated heterocycles. The van der Waals surface area contributed by atoms with Gasteiger partial charge in [0.15, 0.2) is 0 Å². The Kier molecular flexibility index (Phi) is 3.56. The van der Waals surface area contributed by atoms with Crippen LogP contribution in [0.3, 0.4) is 0 Å². The van der Waals surface area contributed by atoms with E-state index in [0.29, 0.717) is 6.54 Å². The van der Waals surface area contributed by atoms with Crippen LogP contribution in [0.25, 0.3) is 0 Å². The van der Waals surface area contributed by atoms with Crippen LogP contribution in [-0.2, 0) is 11.3 Å². The van der Waals surface area contributed by atoms with E-state index in [-0.39, 0.29) is 11.9 Å².